The number of ether oxygens (including phenoxy) is 5. The molecular formula is C37H40N2O7. The standard InChI is InChI=1S/C19H21NO3.C18H19NO4/c1-20-9-8-19-12-5-7-15(22-3)18(19)23-17-14(21-2)6-4-11(16(17)19)10-13(12)20;1-19-8-7-17-14-10-3-4-12(22-2)15(14)23-16(17)11(20)5-6-18(17,21)13(19)9-10/h4-7,13,18H,8-10H2,1-3H3;3-6,13,16,21H,7-9H2,1-2H3/t13-,18+,19+;13-,16+,17+,18-/m11/s1. The first-order chi connectivity index (χ1) is 22.2. The predicted octanol–water partition coefficient (Wildman–Crippen LogP) is 3.25. The van der Waals surface area contributed by atoms with E-state index in [2.05, 4.69) is 41.1 Å². The number of piperidine rings is 2. The largest absolute Gasteiger partial charge is 0.497 e. The number of allylic oxidation sites excluding steroid dienone is 2. The molecule has 1 N–H and O–H groups in total. The van der Waals surface area contributed by atoms with Gasteiger partial charge in [0.15, 0.2) is 41.0 Å². The number of likely N-dealkylation sites (tertiary alicyclic amines) is 2. The van der Waals surface area contributed by atoms with Gasteiger partial charge in [-0.2, -0.15) is 0 Å². The summed E-state index contributed by atoms with van der Waals surface area (Å²) in [5.41, 5.74) is 4.54. The molecule has 0 unspecified atom stereocenters. The summed E-state index contributed by atoms with van der Waals surface area (Å²) in [7, 11) is 9.33. The van der Waals surface area contributed by atoms with Gasteiger partial charge in [0.05, 0.1) is 32.2 Å². The van der Waals surface area contributed by atoms with E-state index in [1.807, 2.05) is 19.2 Å². The Bertz CT molecular complexity index is 1800. The van der Waals surface area contributed by atoms with E-state index in [4.69, 9.17) is 23.7 Å². The number of likely N-dealkylation sites (N-methyl/N-ethyl adjacent to an activating group) is 2. The van der Waals surface area contributed by atoms with Crippen LogP contribution in [0.2, 0.25) is 0 Å². The fourth-order valence-electron chi connectivity index (χ4n) is 10.4. The third-order valence-electron chi connectivity index (χ3n) is 12.5. The normalized spacial score (nSPS) is 36.6. The highest BCUT2D eigenvalue weighted by Crippen LogP contribution is 2.64. The highest BCUT2D eigenvalue weighted by molar-refractivity contribution is 5.99. The van der Waals surface area contributed by atoms with Crippen LogP contribution in [0.5, 0.6) is 23.0 Å². The molecule has 0 aromatic heterocycles. The lowest BCUT2D eigenvalue weighted by atomic mass is 9.51. The number of aliphatic hydroxyl groups is 1. The number of benzene rings is 2. The van der Waals surface area contributed by atoms with E-state index in [0.717, 1.165) is 60.7 Å². The molecule has 2 aromatic rings. The number of hydrogen-bond acceptors (Lipinski definition) is 9. The maximum Gasteiger partial charge on any atom is 0.196 e. The predicted molar refractivity (Wildman–Crippen MR) is 170 cm³/mol. The molecule has 2 spiro atoms. The molecule has 9 nitrogen and oxygen atoms in total. The molecule has 240 valence electrons. The quantitative estimate of drug-likeness (QED) is 0.553. The molecule has 4 heterocycles. The summed E-state index contributed by atoms with van der Waals surface area (Å²) in [6.07, 6.45) is 10.4. The van der Waals surface area contributed by atoms with Crippen molar-refractivity contribution in [3.05, 3.63) is 82.2 Å². The molecule has 0 radical (unpaired) electrons. The first-order valence-electron chi connectivity index (χ1n) is 16.3. The van der Waals surface area contributed by atoms with Gasteiger partial charge in [0.25, 0.3) is 0 Å². The Morgan fingerprint density at radius 2 is 1.50 bits per heavy atom. The van der Waals surface area contributed by atoms with Crippen LogP contribution in [-0.4, -0.2) is 99.1 Å². The Labute approximate surface area is 269 Å². The lowest BCUT2D eigenvalue weighted by molar-refractivity contribution is -0.151. The Balaban J connectivity index is 0.000000127. The molecule has 4 bridgehead atoms. The van der Waals surface area contributed by atoms with E-state index >= 15 is 0 Å². The number of hydrogen-bond donors (Lipinski definition) is 1. The average Bonchev–Trinajstić information content (AvgIpc) is 3.61. The van der Waals surface area contributed by atoms with Crippen LogP contribution in [0.25, 0.3) is 0 Å². The number of carbonyl (C=O) groups excluding carboxylic acids is 1. The lowest BCUT2D eigenvalue weighted by Gasteiger charge is -2.60. The van der Waals surface area contributed by atoms with Crippen molar-refractivity contribution < 1.29 is 33.6 Å². The zero-order chi connectivity index (χ0) is 31.7. The second kappa shape index (κ2) is 9.40. The highest BCUT2D eigenvalue weighted by atomic mass is 16.6. The van der Waals surface area contributed by atoms with Crippen LogP contribution in [0.1, 0.15) is 35.1 Å². The molecule has 9 heteroatoms. The van der Waals surface area contributed by atoms with Crippen molar-refractivity contribution in [2.45, 2.75) is 66.4 Å². The molecule has 2 saturated heterocycles. The minimum absolute atomic E-state index is 0.0430. The first-order valence-corrected chi connectivity index (χ1v) is 16.3. The van der Waals surface area contributed by atoms with Crippen LogP contribution < -0.4 is 18.9 Å². The second-order valence-electron chi connectivity index (χ2n) is 14.1. The van der Waals surface area contributed by atoms with Crippen LogP contribution >= 0.6 is 0 Å². The van der Waals surface area contributed by atoms with Crippen molar-refractivity contribution in [1.29, 1.82) is 0 Å². The number of methoxy groups -OCH3 is 3. The van der Waals surface area contributed by atoms with Crippen molar-refractivity contribution in [2.75, 3.05) is 48.5 Å². The van der Waals surface area contributed by atoms with Gasteiger partial charge in [0.2, 0.25) is 0 Å². The van der Waals surface area contributed by atoms with Crippen molar-refractivity contribution >= 4 is 5.78 Å². The monoisotopic (exact) mass is 624 g/mol. The third-order valence-corrected chi connectivity index (χ3v) is 12.5. The molecule has 4 aliphatic carbocycles. The summed E-state index contributed by atoms with van der Waals surface area (Å²) >= 11 is 0. The highest BCUT2D eigenvalue weighted by Gasteiger charge is 2.71. The van der Waals surface area contributed by atoms with Crippen LogP contribution in [0.4, 0.5) is 0 Å². The summed E-state index contributed by atoms with van der Waals surface area (Å²) in [6, 6.07) is 8.64. The first kappa shape index (κ1) is 28.4. The van der Waals surface area contributed by atoms with Gasteiger partial charge in [-0.25, -0.2) is 0 Å². The summed E-state index contributed by atoms with van der Waals surface area (Å²) < 4.78 is 29.3. The Morgan fingerprint density at radius 1 is 0.826 bits per heavy atom. The molecule has 46 heavy (non-hydrogen) atoms. The summed E-state index contributed by atoms with van der Waals surface area (Å²) in [5, 5.41) is 11.7. The SMILES string of the molecule is COC1=CC=C2[C@H]3Cc4ccc(OC)c5c4[C@@]2(CCN3C)[C@H]1O5.COc1ccc2c3c1O[C@H]1C(=O)C=C[C@@]4(O)[C@@H](C2)N(C)CC[C@]314. The van der Waals surface area contributed by atoms with E-state index in [-0.39, 0.29) is 23.3 Å². The zero-order valence-corrected chi connectivity index (χ0v) is 27.0. The summed E-state index contributed by atoms with van der Waals surface area (Å²) in [6.45, 7) is 1.92. The minimum Gasteiger partial charge on any atom is -0.497 e. The topological polar surface area (TPSA) is 89.9 Å². The zero-order valence-electron chi connectivity index (χ0n) is 27.0. The van der Waals surface area contributed by atoms with E-state index in [0.29, 0.717) is 24.0 Å². The number of carbonyl (C=O) groups is 1. The molecule has 2 fully saturated rings. The van der Waals surface area contributed by atoms with E-state index in [9.17, 15) is 9.90 Å². The van der Waals surface area contributed by atoms with Crippen molar-refractivity contribution in [1.82, 2.24) is 9.80 Å². The summed E-state index contributed by atoms with van der Waals surface area (Å²) in [5.74, 6) is 3.90. The Kier molecular flexibility index (Phi) is 5.81. The van der Waals surface area contributed by atoms with Crippen LogP contribution in [-0.2, 0) is 33.2 Å². The van der Waals surface area contributed by atoms with Gasteiger partial charge in [0.1, 0.15) is 11.4 Å². The van der Waals surface area contributed by atoms with Crippen LogP contribution in [0.3, 0.4) is 0 Å². The Morgan fingerprint density at radius 3 is 2.22 bits per heavy atom. The van der Waals surface area contributed by atoms with Gasteiger partial charge in [-0.15, -0.1) is 0 Å². The van der Waals surface area contributed by atoms with Crippen LogP contribution in [0.15, 0.2) is 59.9 Å². The van der Waals surface area contributed by atoms with E-state index in [1.54, 1.807) is 27.4 Å². The van der Waals surface area contributed by atoms with E-state index < -0.39 is 17.1 Å². The van der Waals surface area contributed by atoms with Gasteiger partial charge in [-0.1, -0.05) is 18.2 Å². The van der Waals surface area contributed by atoms with Crippen LogP contribution in [0, 0.1) is 0 Å². The van der Waals surface area contributed by atoms with Gasteiger partial charge in [0, 0.05) is 23.2 Å². The molecular weight excluding hydrogens is 584 g/mol. The fourth-order valence-corrected chi connectivity index (χ4v) is 10.4. The molecule has 10 rings (SSSR count). The third kappa shape index (κ3) is 3.14. The molecule has 0 saturated carbocycles. The van der Waals surface area contributed by atoms with Crippen molar-refractivity contribution in [3.63, 3.8) is 0 Å². The van der Waals surface area contributed by atoms with Gasteiger partial charge < -0.3 is 28.8 Å². The number of ketones is 1. The second-order valence-corrected chi connectivity index (χ2v) is 14.1. The summed E-state index contributed by atoms with van der Waals surface area (Å²) in [4.78, 5) is 17.2. The van der Waals surface area contributed by atoms with Gasteiger partial charge in [-0.05, 0) is 99.9 Å². The van der Waals surface area contributed by atoms with Crippen molar-refractivity contribution in [2.24, 2.45) is 0 Å². The molecule has 0 amide bonds. The number of rotatable bonds is 3. The van der Waals surface area contributed by atoms with Gasteiger partial charge in [-0.3, -0.25) is 14.6 Å². The molecule has 7 atom stereocenters. The Hall–Kier alpha value is -3.79. The average molecular weight is 625 g/mol. The minimum atomic E-state index is -1.08. The molecule has 2 aromatic carbocycles. The van der Waals surface area contributed by atoms with E-state index in [1.165, 1.54) is 22.8 Å². The smallest absolute Gasteiger partial charge is 0.196 e. The molecule has 8 aliphatic rings. The maximum absolute atomic E-state index is 12.6. The van der Waals surface area contributed by atoms with Crippen molar-refractivity contribution in [3.8, 4) is 23.0 Å². The molecule has 4 aliphatic heterocycles. The van der Waals surface area contributed by atoms with Gasteiger partial charge >= 0.3 is 0 Å². The number of nitrogens with zero attached hydrogens (tertiary/aromatic N) is 2. The fraction of sp³-hybridized carbons (Fsp3) is 0.486. The maximum atomic E-state index is 12.6. The lowest BCUT2D eigenvalue weighted by Crippen LogP contribution is -2.74.